The van der Waals surface area contributed by atoms with E-state index < -0.39 is 10.0 Å². The van der Waals surface area contributed by atoms with Gasteiger partial charge < -0.3 is 5.32 Å². The van der Waals surface area contributed by atoms with Crippen LogP contribution in [0.1, 0.15) is 39.0 Å². The van der Waals surface area contributed by atoms with Gasteiger partial charge in [-0.3, -0.25) is 0 Å². The Balaban J connectivity index is 2.10. The average molecular weight is 246 g/mol. The minimum atomic E-state index is -3.04. The van der Waals surface area contributed by atoms with Crippen LogP contribution in [0.3, 0.4) is 0 Å². The van der Waals surface area contributed by atoms with Crippen LogP contribution < -0.4 is 5.32 Å². The molecule has 1 atom stereocenters. The van der Waals surface area contributed by atoms with Gasteiger partial charge in [0.05, 0.1) is 5.25 Å². The molecule has 2 saturated heterocycles. The van der Waals surface area contributed by atoms with Crippen molar-refractivity contribution in [3.8, 4) is 0 Å². The lowest BCUT2D eigenvalue weighted by Crippen LogP contribution is -2.49. The van der Waals surface area contributed by atoms with Crippen LogP contribution in [0.4, 0.5) is 0 Å². The summed E-state index contributed by atoms with van der Waals surface area (Å²) in [6, 6.07) is 0.202. The first-order valence-corrected chi connectivity index (χ1v) is 7.84. The maximum Gasteiger partial charge on any atom is 0.217 e. The molecule has 0 bridgehead atoms. The molecule has 2 heterocycles. The molecule has 0 aromatic heterocycles. The van der Waals surface area contributed by atoms with Crippen molar-refractivity contribution in [2.24, 2.45) is 0 Å². The third kappa shape index (κ3) is 2.41. The summed E-state index contributed by atoms with van der Waals surface area (Å²) < 4.78 is 26.7. The first-order chi connectivity index (χ1) is 7.62. The van der Waals surface area contributed by atoms with Gasteiger partial charge in [0, 0.05) is 12.6 Å². The monoisotopic (exact) mass is 246 g/mol. The van der Waals surface area contributed by atoms with Crippen molar-refractivity contribution < 1.29 is 8.42 Å². The summed E-state index contributed by atoms with van der Waals surface area (Å²) in [6.07, 6.45) is 4.75. The summed E-state index contributed by atoms with van der Waals surface area (Å²) in [6.45, 7) is 4.45. The first kappa shape index (κ1) is 12.3. The highest BCUT2D eigenvalue weighted by atomic mass is 32.2. The number of rotatable bonds is 2. The molecule has 2 aliphatic rings. The minimum absolute atomic E-state index is 0.144. The molecule has 1 unspecified atom stereocenters. The van der Waals surface area contributed by atoms with Crippen LogP contribution in [0.25, 0.3) is 0 Å². The van der Waals surface area contributed by atoms with Gasteiger partial charge in [0.1, 0.15) is 0 Å². The maximum absolute atomic E-state index is 12.4. The zero-order chi connectivity index (χ0) is 11.6. The molecular weight excluding hydrogens is 224 g/mol. The van der Waals surface area contributed by atoms with Crippen LogP contribution in [-0.2, 0) is 10.0 Å². The van der Waals surface area contributed by atoms with E-state index in [0.717, 1.165) is 45.3 Å². The Bertz CT molecular complexity index is 323. The number of hydrogen-bond donors (Lipinski definition) is 1. The lowest BCUT2D eigenvalue weighted by atomic mass is 10.1. The lowest BCUT2D eigenvalue weighted by Gasteiger charge is -2.36. The number of sulfonamides is 1. The molecule has 4 nitrogen and oxygen atoms in total. The molecule has 16 heavy (non-hydrogen) atoms. The molecule has 0 aromatic rings. The second-order valence-electron chi connectivity index (χ2n) is 4.95. The highest BCUT2D eigenvalue weighted by molar-refractivity contribution is 7.89. The van der Waals surface area contributed by atoms with Crippen LogP contribution >= 0.6 is 0 Å². The summed E-state index contributed by atoms with van der Waals surface area (Å²) in [5.41, 5.74) is 0. The Hall–Kier alpha value is -0.130. The summed E-state index contributed by atoms with van der Waals surface area (Å²) in [4.78, 5) is 0. The van der Waals surface area contributed by atoms with Crippen molar-refractivity contribution in [1.29, 1.82) is 0 Å². The van der Waals surface area contributed by atoms with Crippen molar-refractivity contribution in [2.45, 2.75) is 50.3 Å². The topological polar surface area (TPSA) is 49.4 Å². The van der Waals surface area contributed by atoms with E-state index in [2.05, 4.69) is 5.32 Å². The summed E-state index contributed by atoms with van der Waals surface area (Å²) >= 11 is 0. The number of nitrogens with one attached hydrogen (secondary N) is 1. The second kappa shape index (κ2) is 5.02. The van der Waals surface area contributed by atoms with Gasteiger partial charge in [-0.05, 0) is 45.7 Å². The van der Waals surface area contributed by atoms with Crippen molar-refractivity contribution >= 4 is 10.0 Å². The molecule has 0 saturated carbocycles. The zero-order valence-corrected chi connectivity index (χ0v) is 10.8. The van der Waals surface area contributed by atoms with Crippen LogP contribution in [0.2, 0.25) is 0 Å². The number of piperidine rings is 2. The van der Waals surface area contributed by atoms with E-state index in [1.54, 1.807) is 4.31 Å². The molecule has 0 spiro atoms. The van der Waals surface area contributed by atoms with Gasteiger partial charge in [0.15, 0.2) is 0 Å². The molecule has 0 aromatic carbocycles. The summed E-state index contributed by atoms with van der Waals surface area (Å²) in [5, 5.41) is 3.07. The lowest BCUT2D eigenvalue weighted by molar-refractivity contribution is 0.263. The van der Waals surface area contributed by atoms with Gasteiger partial charge in [0.2, 0.25) is 10.0 Å². The van der Waals surface area contributed by atoms with Crippen LogP contribution in [0.5, 0.6) is 0 Å². The zero-order valence-electron chi connectivity index (χ0n) is 9.98. The van der Waals surface area contributed by atoms with Gasteiger partial charge in [-0.2, -0.15) is 4.31 Å². The Labute approximate surface area is 98.4 Å². The van der Waals surface area contributed by atoms with Gasteiger partial charge in [0.25, 0.3) is 0 Å². The van der Waals surface area contributed by atoms with E-state index in [9.17, 15) is 8.42 Å². The molecule has 94 valence electrons. The molecular formula is C11H22N2O2S. The Morgan fingerprint density at radius 3 is 2.44 bits per heavy atom. The fourth-order valence-electron chi connectivity index (χ4n) is 2.73. The second-order valence-corrected chi connectivity index (χ2v) is 7.12. The standard InChI is InChI=1S/C11H22N2O2S/c1-10-4-2-3-9-13(10)16(14,15)11-5-7-12-8-6-11/h10-12H,2-9H2,1H3. The van der Waals surface area contributed by atoms with E-state index in [4.69, 9.17) is 0 Å². The van der Waals surface area contributed by atoms with Crippen LogP contribution in [0, 0.1) is 0 Å². The quantitative estimate of drug-likeness (QED) is 0.789. The summed E-state index contributed by atoms with van der Waals surface area (Å²) in [7, 11) is -3.04. The van der Waals surface area contributed by atoms with Gasteiger partial charge in [-0.25, -0.2) is 8.42 Å². The van der Waals surface area contributed by atoms with Crippen molar-refractivity contribution in [1.82, 2.24) is 9.62 Å². The largest absolute Gasteiger partial charge is 0.317 e. The Kier molecular flexibility index (Phi) is 3.87. The molecule has 2 rings (SSSR count). The van der Waals surface area contributed by atoms with E-state index in [0.29, 0.717) is 0 Å². The van der Waals surface area contributed by atoms with Gasteiger partial charge in [-0.15, -0.1) is 0 Å². The highest BCUT2D eigenvalue weighted by Crippen LogP contribution is 2.25. The van der Waals surface area contributed by atoms with Crippen molar-refractivity contribution in [3.63, 3.8) is 0 Å². The van der Waals surface area contributed by atoms with Crippen molar-refractivity contribution in [2.75, 3.05) is 19.6 Å². The van der Waals surface area contributed by atoms with Crippen molar-refractivity contribution in [3.05, 3.63) is 0 Å². The first-order valence-electron chi connectivity index (χ1n) is 6.34. The minimum Gasteiger partial charge on any atom is -0.317 e. The maximum atomic E-state index is 12.4. The fraction of sp³-hybridized carbons (Fsp3) is 1.00. The molecule has 5 heteroatoms. The van der Waals surface area contributed by atoms with E-state index in [1.165, 1.54) is 6.42 Å². The van der Waals surface area contributed by atoms with E-state index >= 15 is 0 Å². The van der Waals surface area contributed by atoms with Gasteiger partial charge in [-0.1, -0.05) is 6.42 Å². The SMILES string of the molecule is CC1CCCCN1S(=O)(=O)C1CCNCC1. The number of nitrogens with zero attached hydrogens (tertiary/aromatic N) is 1. The number of hydrogen-bond acceptors (Lipinski definition) is 3. The Morgan fingerprint density at radius 1 is 1.12 bits per heavy atom. The molecule has 2 aliphatic heterocycles. The van der Waals surface area contributed by atoms with E-state index in [1.807, 2.05) is 6.92 Å². The molecule has 0 aliphatic carbocycles. The molecule has 0 amide bonds. The highest BCUT2D eigenvalue weighted by Gasteiger charge is 2.36. The van der Waals surface area contributed by atoms with E-state index in [-0.39, 0.29) is 11.3 Å². The average Bonchev–Trinajstić information content (AvgIpc) is 2.30. The smallest absolute Gasteiger partial charge is 0.217 e. The third-order valence-electron chi connectivity index (χ3n) is 3.78. The predicted octanol–water partition coefficient (Wildman–Crippen LogP) is 0.943. The van der Waals surface area contributed by atoms with Crippen LogP contribution in [0.15, 0.2) is 0 Å². The van der Waals surface area contributed by atoms with Crippen LogP contribution in [-0.4, -0.2) is 43.6 Å². The third-order valence-corrected chi connectivity index (χ3v) is 6.29. The molecule has 1 N–H and O–H groups in total. The van der Waals surface area contributed by atoms with Gasteiger partial charge >= 0.3 is 0 Å². The normalized spacial score (nSPS) is 30.4. The fourth-order valence-corrected chi connectivity index (χ4v) is 4.94. The predicted molar refractivity (Wildman–Crippen MR) is 64.8 cm³/mol. The Morgan fingerprint density at radius 2 is 1.81 bits per heavy atom. The summed E-state index contributed by atoms with van der Waals surface area (Å²) in [5.74, 6) is 0. The molecule has 2 fully saturated rings. The molecule has 0 radical (unpaired) electrons.